The van der Waals surface area contributed by atoms with Crippen LogP contribution in [-0.4, -0.2) is 15.9 Å². The summed E-state index contributed by atoms with van der Waals surface area (Å²) in [4.78, 5) is 20.6. The van der Waals surface area contributed by atoms with Gasteiger partial charge in [0.2, 0.25) is 0 Å². The molecule has 0 aliphatic rings. The molecule has 2 N–H and O–H groups in total. The minimum absolute atomic E-state index is 0.268. The van der Waals surface area contributed by atoms with Gasteiger partial charge in [-0.05, 0) is 35.7 Å². The Bertz CT molecular complexity index is 828. The van der Waals surface area contributed by atoms with Crippen molar-refractivity contribution in [3.05, 3.63) is 78.2 Å². The maximum Gasteiger partial charge on any atom is 0.275 e. The zero-order valence-electron chi connectivity index (χ0n) is 14.2. The van der Waals surface area contributed by atoms with Crippen LogP contribution in [0.4, 0.5) is 17.2 Å². The second kappa shape index (κ2) is 7.57. The van der Waals surface area contributed by atoms with Crippen LogP contribution in [0.3, 0.4) is 0 Å². The van der Waals surface area contributed by atoms with E-state index in [1.54, 1.807) is 6.20 Å². The summed E-state index contributed by atoms with van der Waals surface area (Å²) in [5.74, 6) is 0.802. The molecule has 126 valence electrons. The van der Waals surface area contributed by atoms with Crippen LogP contribution in [0, 0.1) is 0 Å². The van der Waals surface area contributed by atoms with Crippen LogP contribution in [0.5, 0.6) is 0 Å². The van der Waals surface area contributed by atoms with Gasteiger partial charge in [-0.3, -0.25) is 4.79 Å². The Kier molecular flexibility index (Phi) is 5.04. The summed E-state index contributed by atoms with van der Waals surface area (Å²) >= 11 is 0. The van der Waals surface area contributed by atoms with Crippen LogP contribution in [0.25, 0.3) is 0 Å². The van der Waals surface area contributed by atoms with E-state index in [0.29, 0.717) is 11.7 Å². The van der Waals surface area contributed by atoms with E-state index in [2.05, 4.69) is 46.6 Å². The molecule has 1 amide bonds. The molecule has 25 heavy (non-hydrogen) atoms. The highest BCUT2D eigenvalue weighted by molar-refractivity contribution is 6.02. The number of aromatic nitrogens is 2. The minimum atomic E-state index is -0.286. The molecule has 5 nitrogen and oxygen atoms in total. The molecule has 0 aliphatic carbocycles. The molecule has 0 fully saturated rings. The van der Waals surface area contributed by atoms with Gasteiger partial charge in [0.05, 0.1) is 12.4 Å². The Balaban J connectivity index is 1.64. The fourth-order valence-corrected chi connectivity index (χ4v) is 2.33. The molecule has 5 heteroatoms. The average molecular weight is 332 g/mol. The molecule has 0 saturated carbocycles. The van der Waals surface area contributed by atoms with Gasteiger partial charge in [-0.2, -0.15) is 0 Å². The summed E-state index contributed by atoms with van der Waals surface area (Å²) in [5, 5.41) is 5.96. The normalized spacial score (nSPS) is 10.5. The third-order valence-corrected chi connectivity index (χ3v) is 3.77. The zero-order chi connectivity index (χ0) is 17.6. The Morgan fingerprint density at radius 1 is 0.880 bits per heavy atom. The fourth-order valence-electron chi connectivity index (χ4n) is 2.33. The minimum Gasteiger partial charge on any atom is -0.339 e. The van der Waals surface area contributed by atoms with Gasteiger partial charge >= 0.3 is 0 Å². The van der Waals surface area contributed by atoms with Gasteiger partial charge in [-0.15, -0.1) is 0 Å². The van der Waals surface area contributed by atoms with Gasteiger partial charge in [-0.1, -0.05) is 44.2 Å². The van der Waals surface area contributed by atoms with Crippen LogP contribution in [0.15, 0.2) is 67.0 Å². The molecular weight excluding hydrogens is 312 g/mol. The van der Waals surface area contributed by atoms with Gasteiger partial charge in [0.25, 0.3) is 5.91 Å². The highest BCUT2D eigenvalue weighted by Gasteiger charge is 2.08. The molecule has 3 aromatic rings. The van der Waals surface area contributed by atoms with Crippen LogP contribution in [0.2, 0.25) is 0 Å². The van der Waals surface area contributed by atoms with Crippen molar-refractivity contribution < 1.29 is 4.79 Å². The summed E-state index contributed by atoms with van der Waals surface area (Å²) in [7, 11) is 0. The molecule has 3 rings (SSSR count). The number of hydrogen-bond donors (Lipinski definition) is 2. The van der Waals surface area contributed by atoms with Crippen LogP contribution >= 0.6 is 0 Å². The molecule has 1 heterocycles. The molecule has 0 radical (unpaired) electrons. The zero-order valence-corrected chi connectivity index (χ0v) is 14.2. The molecule has 1 aromatic heterocycles. The smallest absolute Gasteiger partial charge is 0.275 e. The first-order valence-corrected chi connectivity index (χ1v) is 8.17. The number of hydrogen-bond acceptors (Lipinski definition) is 4. The van der Waals surface area contributed by atoms with Crippen molar-refractivity contribution in [1.29, 1.82) is 0 Å². The van der Waals surface area contributed by atoms with Crippen LogP contribution < -0.4 is 10.6 Å². The van der Waals surface area contributed by atoms with Crippen molar-refractivity contribution in [2.45, 2.75) is 19.8 Å². The maximum atomic E-state index is 12.2. The molecule has 0 bridgehead atoms. The van der Waals surface area contributed by atoms with Crippen molar-refractivity contribution in [2.75, 3.05) is 10.6 Å². The topological polar surface area (TPSA) is 66.9 Å². The third-order valence-electron chi connectivity index (χ3n) is 3.77. The first-order chi connectivity index (χ1) is 12.1. The summed E-state index contributed by atoms with van der Waals surface area (Å²) in [6.07, 6.45) is 3.01. The van der Waals surface area contributed by atoms with Crippen molar-refractivity contribution in [3.8, 4) is 0 Å². The number of carbonyl (C=O) groups excluding carboxylic acids is 1. The molecule has 2 aromatic carbocycles. The lowest BCUT2D eigenvalue weighted by molar-refractivity contribution is 0.102. The predicted octanol–water partition coefficient (Wildman–Crippen LogP) is 4.60. The van der Waals surface area contributed by atoms with Crippen molar-refractivity contribution in [3.63, 3.8) is 0 Å². The van der Waals surface area contributed by atoms with Crippen molar-refractivity contribution in [2.24, 2.45) is 0 Å². The summed E-state index contributed by atoms with van der Waals surface area (Å²) in [5.41, 5.74) is 3.20. The monoisotopic (exact) mass is 332 g/mol. The van der Waals surface area contributed by atoms with Gasteiger partial charge in [0.1, 0.15) is 11.5 Å². The number of nitrogens with zero attached hydrogens (tertiary/aromatic N) is 2. The molecule has 0 unspecified atom stereocenters. The van der Waals surface area contributed by atoms with E-state index in [0.717, 1.165) is 11.4 Å². The largest absolute Gasteiger partial charge is 0.339 e. The predicted molar refractivity (Wildman–Crippen MR) is 100 cm³/mol. The maximum absolute atomic E-state index is 12.2. The molecule has 0 saturated heterocycles. The van der Waals surface area contributed by atoms with Crippen LogP contribution in [0.1, 0.15) is 35.8 Å². The van der Waals surface area contributed by atoms with E-state index in [1.807, 2.05) is 42.5 Å². The Hall–Kier alpha value is -3.21. The molecule has 0 aliphatic heterocycles. The lowest BCUT2D eigenvalue weighted by Gasteiger charge is -2.09. The third kappa shape index (κ3) is 4.41. The second-order valence-corrected chi connectivity index (χ2v) is 6.01. The Labute approximate surface area is 147 Å². The van der Waals surface area contributed by atoms with E-state index in [9.17, 15) is 4.79 Å². The fraction of sp³-hybridized carbons (Fsp3) is 0.150. The first kappa shape index (κ1) is 16.6. The van der Waals surface area contributed by atoms with E-state index in [1.165, 1.54) is 11.8 Å². The SMILES string of the molecule is CC(C)c1ccc(Nc2cnc(C(=O)Nc3ccccc3)cn2)cc1. The Morgan fingerprint density at radius 2 is 1.60 bits per heavy atom. The molecule has 0 spiro atoms. The molecule has 0 atom stereocenters. The number of nitrogens with one attached hydrogen (secondary N) is 2. The number of amides is 1. The molecular formula is C20H20N4O. The van der Waals surface area contributed by atoms with Gasteiger partial charge in [0.15, 0.2) is 0 Å². The van der Waals surface area contributed by atoms with Crippen LogP contribution in [-0.2, 0) is 0 Å². The van der Waals surface area contributed by atoms with E-state index >= 15 is 0 Å². The average Bonchev–Trinajstić information content (AvgIpc) is 2.63. The summed E-state index contributed by atoms with van der Waals surface area (Å²) in [6, 6.07) is 17.4. The second-order valence-electron chi connectivity index (χ2n) is 6.01. The Morgan fingerprint density at radius 3 is 2.20 bits per heavy atom. The number of para-hydroxylation sites is 1. The van der Waals surface area contributed by atoms with E-state index in [-0.39, 0.29) is 11.6 Å². The van der Waals surface area contributed by atoms with E-state index < -0.39 is 0 Å². The standard InChI is InChI=1S/C20H20N4O/c1-14(2)15-8-10-17(11-9-15)23-19-13-21-18(12-22-19)20(25)24-16-6-4-3-5-7-16/h3-14H,1-2H3,(H,22,23)(H,24,25). The highest BCUT2D eigenvalue weighted by atomic mass is 16.1. The highest BCUT2D eigenvalue weighted by Crippen LogP contribution is 2.19. The van der Waals surface area contributed by atoms with Gasteiger partial charge in [0, 0.05) is 11.4 Å². The van der Waals surface area contributed by atoms with E-state index in [4.69, 9.17) is 0 Å². The quantitative estimate of drug-likeness (QED) is 0.717. The summed E-state index contributed by atoms with van der Waals surface area (Å²) in [6.45, 7) is 4.32. The lowest BCUT2D eigenvalue weighted by atomic mass is 10.0. The number of rotatable bonds is 5. The lowest BCUT2D eigenvalue weighted by Crippen LogP contribution is -2.14. The first-order valence-electron chi connectivity index (χ1n) is 8.17. The number of benzene rings is 2. The van der Waals surface area contributed by atoms with Crippen molar-refractivity contribution >= 4 is 23.1 Å². The van der Waals surface area contributed by atoms with Gasteiger partial charge < -0.3 is 10.6 Å². The number of carbonyl (C=O) groups is 1. The van der Waals surface area contributed by atoms with Crippen molar-refractivity contribution in [1.82, 2.24) is 9.97 Å². The van der Waals surface area contributed by atoms with Gasteiger partial charge in [-0.25, -0.2) is 9.97 Å². The summed E-state index contributed by atoms with van der Waals surface area (Å²) < 4.78 is 0. The number of anilines is 3.